The zero-order chi connectivity index (χ0) is 25.5. The molecule has 36 heavy (non-hydrogen) atoms. The van der Waals surface area contributed by atoms with Crippen LogP contribution < -0.4 is 14.4 Å². The van der Waals surface area contributed by atoms with E-state index in [2.05, 4.69) is 5.32 Å². The molecule has 0 aromatic heterocycles. The van der Waals surface area contributed by atoms with Crippen molar-refractivity contribution in [2.75, 3.05) is 16.2 Å². The van der Waals surface area contributed by atoms with Crippen molar-refractivity contribution in [3.05, 3.63) is 119 Å². The molecular weight excluding hydrogens is 482 g/mol. The van der Waals surface area contributed by atoms with Gasteiger partial charge in [0.25, 0.3) is 15.7 Å². The first kappa shape index (κ1) is 24.4. The molecule has 0 unspecified atom stereocenters. The number of nitrogens with zero attached hydrogens (tertiary/aromatic N) is 2. The van der Waals surface area contributed by atoms with Gasteiger partial charge in [0.15, 0.2) is 4.90 Å². The molecule has 9 nitrogen and oxygen atoms in total. The third-order valence-electron chi connectivity index (χ3n) is 5.08. The summed E-state index contributed by atoms with van der Waals surface area (Å²) in [6.45, 7) is -0.597. The molecule has 0 radical (unpaired) electrons. The van der Waals surface area contributed by atoms with Gasteiger partial charge >= 0.3 is 0 Å². The number of benzene rings is 4. The summed E-state index contributed by atoms with van der Waals surface area (Å²) in [6.07, 6.45) is 0. The topological polar surface area (TPSA) is 119 Å². The fourth-order valence-electron chi connectivity index (χ4n) is 3.42. The number of nitro benzene ring substituents is 1. The van der Waals surface area contributed by atoms with Gasteiger partial charge < -0.3 is 10.1 Å². The predicted octanol–water partition coefficient (Wildman–Crippen LogP) is 5.22. The fraction of sp³-hybridized carbons (Fsp3) is 0.0385. The smallest absolute Gasteiger partial charge is 0.289 e. The lowest BCUT2D eigenvalue weighted by Gasteiger charge is -2.24. The largest absolute Gasteiger partial charge is 0.457 e. The van der Waals surface area contributed by atoms with Gasteiger partial charge in [0.1, 0.15) is 18.0 Å². The number of hydrogen-bond acceptors (Lipinski definition) is 6. The van der Waals surface area contributed by atoms with Crippen LogP contribution in [0, 0.1) is 10.1 Å². The molecule has 0 saturated heterocycles. The molecule has 0 aliphatic carbocycles. The van der Waals surface area contributed by atoms with Crippen molar-refractivity contribution in [3.63, 3.8) is 0 Å². The molecule has 1 amide bonds. The van der Waals surface area contributed by atoms with E-state index in [0.29, 0.717) is 17.2 Å². The molecule has 10 heteroatoms. The van der Waals surface area contributed by atoms with E-state index >= 15 is 0 Å². The molecule has 0 heterocycles. The Bertz CT molecular complexity index is 1460. The van der Waals surface area contributed by atoms with Gasteiger partial charge in [-0.1, -0.05) is 48.5 Å². The van der Waals surface area contributed by atoms with Crippen molar-refractivity contribution in [1.82, 2.24) is 0 Å². The molecule has 182 valence electrons. The highest BCUT2D eigenvalue weighted by molar-refractivity contribution is 7.93. The minimum Gasteiger partial charge on any atom is -0.457 e. The lowest BCUT2D eigenvalue weighted by atomic mass is 10.3. The lowest BCUT2D eigenvalue weighted by molar-refractivity contribution is -0.387. The zero-order valence-electron chi connectivity index (χ0n) is 18.9. The number of rotatable bonds is 9. The molecule has 1 N–H and O–H groups in total. The van der Waals surface area contributed by atoms with E-state index in [-0.39, 0.29) is 5.69 Å². The van der Waals surface area contributed by atoms with Crippen LogP contribution in [0.3, 0.4) is 0 Å². The highest BCUT2D eigenvalue weighted by Crippen LogP contribution is 2.30. The van der Waals surface area contributed by atoms with Gasteiger partial charge in [-0.05, 0) is 54.6 Å². The molecule has 4 aromatic carbocycles. The Morgan fingerprint density at radius 2 is 1.36 bits per heavy atom. The van der Waals surface area contributed by atoms with Crippen molar-refractivity contribution < 1.29 is 22.9 Å². The van der Waals surface area contributed by atoms with E-state index in [9.17, 15) is 23.3 Å². The zero-order valence-corrected chi connectivity index (χ0v) is 19.7. The van der Waals surface area contributed by atoms with Gasteiger partial charge in [0, 0.05) is 11.8 Å². The highest BCUT2D eigenvalue weighted by Gasteiger charge is 2.33. The van der Waals surface area contributed by atoms with E-state index in [1.165, 1.54) is 24.3 Å². The number of para-hydroxylation sites is 3. The van der Waals surface area contributed by atoms with E-state index in [1.54, 1.807) is 42.5 Å². The monoisotopic (exact) mass is 503 g/mol. The second kappa shape index (κ2) is 10.7. The summed E-state index contributed by atoms with van der Waals surface area (Å²) in [5, 5.41) is 14.1. The predicted molar refractivity (Wildman–Crippen MR) is 136 cm³/mol. The maximum Gasteiger partial charge on any atom is 0.289 e. The van der Waals surface area contributed by atoms with Crippen LogP contribution in [0.4, 0.5) is 17.1 Å². The van der Waals surface area contributed by atoms with Crippen LogP contribution in [0.15, 0.2) is 114 Å². The first-order chi connectivity index (χ1) is 17.3. The van der Waals surface area contributed by atoms with Crippen LogP contribution in [-0.4, -0.2) is 25.8 Å². The van der Waals surface area contributed by atoms with Crippen LogP contribution in [0.5, 0.6) is 11.5 Å². The molecule has 4 aromatic rings. The molecule has 0 aliphatic rings. The number of nitro groups is 1. The summed E-state index contributed by atoms with van der Waals surface area (Å²) in [6, 6.07) is 28.7. The first-order valence-corrected chi connectivity index (χ1v) is 12.2. The Labute approximate surface area is 207 Å². The Balaban J connectivity index is 1.55. The maximum absolute atomic E-state index is 13.5. The summed E-state index contributed by atoms with van der Waals surface area (Å²) >= 11 is 0. The molecule has 0 fully saturated rings. The van der Waals surface area contributed by atoms with Crippen LogP contribution in [0.1, 0.15) is 0 Å². The molecule has 0 bridgehead atoms. The third kappa shape index (κ3) is 5.68. The number of hydrogen-bond donors (Lipinski definition) is 1. The third-order valence-corrected chi connectivity index (χ3v) is 6.90. The van der Waals surface area contributed by atoms with Crippen molar-refractivity contribution in [2.24, 2.45) is 0 Å². The standard InChI is InChI=1S/C26H21N3O6S/c30-26(27-20-15-17-23(18-16-20)35-22-11-5-2-6-12-22)19-28(21-9-3-1-4-10-21)36(33,34)25-14-8-7-13-24(25)29(31)32/h1-18H,19H2,(H,27,30). The van der Waals surface area contributed by atoms with E-state index in [4.69, 9.17) is 4.74 Å². The summed E-state index contributed by atoms with van der Waals surface area (Å²) in [4.78, 5) is 23.1. The second-order valence-electron chi connectivity index (χ2n) is 7.56. The SMILES string of the molecule is O=C(CN(c1ccccc1)S(=O)(=O)c1ccccc1[N+](=O)[O-])Nc1ccc(Oc2ccccc2)cc1. The van der Waals surface area contributed by atoms with Gasteiger partial charge in [-0.3, -0.25) is 19.2 Å². The molecular formula is C26H21N3O6S. The van der Waals surface area contributed by atoms with Gasteiger partial charge in [0.2, 0.25) is 5.91 Å². The highest BCUT2D eigenvalue weighted by atomic mass is 32.2. The van der Waals surface area contributed by atoms with E-state index in [1.807, 2.05) is 30.3 Å². The molecule has 4 rings (SSSR count). The summed E-state index contributed by atoms with van der Waals surface area (Å²) in [5.74, 6) is 0.592. The molecule has 0 aliphatic heterocycles. The number of carbonyl (C=O) groups is 1. The Morgan fingerprint density at radius 3 is 2.00 bits per heavy atom. The average molecular weight is 504 g/mol. The molecule has 0 spiro atoms. The number of sulfonamides is 1. The van der Waals surface area contributed by atoms with Crippen LogP contribution >= 0.6 is 0 Å². The van der Waals surface area contributed by atoms with E-state index < -0.39 is 38.0 Å². The second-order valence-corrected chi connectivity index (χ2v) is 9.39. The van der Waals surface area contributed by atoms with Crippen LogP contribution in [0.2, 0.25) is 0 Å². The minimum absolute atomic E-state index is 0.192. The van der Waals surface area contributed by atoms with Crippen molar-refractivity contribution in [1.29, 1.82) is 0 Å². The van der Waals surface area contributed by atoms with Crippen molar-refractivity contribution >= 4 is 33.0 Å². The Hall–Kier alpha value is -4.70. The molecule has 0 saturated carbocycles. The lowest BCUT2D eigenvalue weighted by Crippen LogP contribution is -2.38. The van der Waals surface area contributed by atoms with Gasteiger partial charge in [-0.25, -0.2) is 8.42 Å². The number of nitrogens with one attached hydrogen (secondary N) is 1. The number of carbonyl (C=O) groups excluding carboxylic acids is 1. The van der Waals surface area contributed by atoms with E-state index in [0.717, 1.165) is 16.4 Å². The average Bonchev–Trinajstić information content (AvgIpc) is 2.89. The quantitative estimate of drug-likeness (QED) is 0.247. The summed E-state index contributed by atoms with van der Waals surface area (Å²) in [5.41, 5.74) is 0.0433. The summed E-state index contributed by atoms with van der Waals surface area (Å²) < 4.78 is 33.6. The first-order valence-electron chi connectivity index (χ1n) is 10.8. The molecule has 0 atom stereocenters. The van der Waals surface area contributed by atoms with Gasteiger partial charge in [0.05, 0.1) is 10.6 Å². The normalized spacial score (nSPS) is 10.9. The Kier molecular flexibility index (Phi) is 7.26. The van der Waals surface area contributed by atoms with Crippen LogP contribution in [0.25, 0.3) is 0 Å². The minimum atomic E-state index is -4.45. The maximum atomic E-state index is 13.5. The van der Waals surface area contributed by atoms with Gasteiger partial charge in [-0.2, -0.15) is 0 Å². The number of anilines is 2. The van der Waals surface area contributed by atoms with Crippen molar-refractivity contribution in [3.8, 4) is 11.5 Å². The van der Waals surface area contributed by atoms with Gasteiger partial charge in [-0.15, -0.1) is 0 Å². The number of ether oxygens (including phenoxy) is 1. The van der Waals surface area contributed by atoms with Crippen molar-refractivity contribution in [2.45, 2.75) is 4.90 Å². The Morgan fingerprint density at radius 1 is 0.806 bits per heavy atom. The fourth-order valence-corrected chi connectivity index (χ4v) is 5.00. The summed E-state index contributed by atoms with van der Waals surface area (Å²) in [7, 11) is -4.45. The number of amides is 1. The van der Waals surface area contributed by atoms with Crippen LogP contribution in [-0.2, 0) is 14.8 Å².